The van der Waals surface area contributed by atoms with Crippen LogP contribution in [-0.2, 0) is 11.8 Å². The van der Waals surface area contributed by atoms with E-state index in [0.29, 0.717) is 6.61 Å². The summed E-state index contributed by atoms with van der Waals surface area (Å²) >= 11 is 0. The van der Waals surface area contributed by atoms with Crippen molar-refractivity contribution in [2.75, 3.05) is 13.2 Å². The quantitative estimate of drug-likeness (QED) is 0.515. The van der Waals surface area contributed by atoms with Crippen LogP contribution in [0.25, 0.3) is 22.3 Å². The van der Waals surface area contributed by atoms with Gasteiger partial charge < -0.3 is 9.84 Å². The largest absolute Gasteiger partial charge is 0.491 e. The topological polar surface area (TPSA) is 29.5 Å². The van der Waals surface area contributed by atoms with Crippen LogP contribution >= 0.6 is 0 Å². The Kier molecular flexibility index (Phi) is 4.53. The van der Waals surface area contributed by atoms with E-state index in [1.807, 2.05) is 0 Å². The van der Waals surface area contributed by atoms with Crippen LogP contribution in [0.2, 0.25) is 0 Å². The minimum atomic E-state index is 0.0196. The summed E-state index contributed by atoms with van der Waals surface area (Å²) in [7, 11) is 0. The fourth-order valence-electron chi connectivity index (χ4n) is 3.91. The van der Waals surface area contributed by atoms with E-state index < -0.39 is 0 Å². The number of benzene rings is 3. The van der Waals surface area contributed by atoms with Crippen LogP contribution in [0.4, 0.5) is 0 Å². The highest BCUT2D eigenvalue weighted by Crippen LogP contribution is 2.47. The van der Waals surface area contributed by atoms with Crippen molar-refractivity contribution in [1.29, 1.82) is 0 Å². The third-order valence-corrected chi connectivity index (χ3v) is 5.32. The predicted octanol–water partition coefficient (Wildman–Crippen LogP) is 5.59. The van der Waals surface area contributed by atoms with Gasteiger partial charge >= 0.3 is 0 Å². The number of ether oxygens (including phenoxy) is 1. The first-order valence-corrected chi connectivity index (χ1v) is 9.58. The first-order valence-electron chi connectivity index (χ1n) is 9.58. The summed E-state index contributed by atoms with van der Waals surface area (Å²) in [5.41, 5.74) is 9.05. The van der Waals surface area contributed by atoms with Gasteiger partial charge in [0, 0.05) is 5.56 Å². The van der Waals surface area contributed by atoms with E-state index >= 15 is 0 Å². The highest BCUT2D eigenvalue weighted by atomic mass is 16.5. The number of hydrogen-bond acceptors (Lipinski definition) is 2. The van der Waals surface area contributed by atoms with Crippen molar-refractivity contribution in [3.8, 4) is 28.0 Å². The molecular formula is C25H26O2. The molecule has 27 heavy (non-hydrogen) atoms. The lowest BCUT2D eigenvalue weighted by Crippen LogP contribution is -2.10. The fraction of sp³-hybridized carbons (Fsp3) is 0.280. The van der Waals surface area contributed by atoms with E-state index in [2.05, 4.69) is 81.4 Å². The summed E-state index contributed by atoms with van der Waals surface area (Å²) in [6.07, 6.45) is 0.914. The van der Waals surface area contributed by atoms with Crippen molar-refractivity contribution in [3.05, 3.63) is 77.4 Å². The highest BCUT2D eigenvalue weighted by molar-refractivity contribution is 5.88. The molecule has 0 fully saturated rings. The molecule has 0 saturated heterocycles. The Labute approximate surface area is 161 Å². The van der Waals surface area contributed by atoms with Gasteiger partial charge in [0.1, 0.15) is 12.4 Å². The maximum atomic E-state index is 9.19. The van der Waals surface area contributed by atoms with Gasteiger partial charge in [0.15, 0.2) is 0 Å². The van der Waals surface area contributed by atoms with E-state index in [0.717, 1.165) is 12.2 Å². The van der Waals surface area contributed by atoms with Gasteiger partial charge in [0.2, 0.25) is 0 Å². The molecule has 0 bridgehead atoms. The summed E-state index contributed by atoms with van der Waals surface area (Å²) in [5.74, 6) is 0.861. The predicted molar refractivity (Wildman–Crippen MR) is 111 cm³/mol. The molecule has 0 amide bonds. The smallest absolute Gasteiger partial charge is 0.127 e. The van der Waals surface area contributed by atoms with E-state index in [1.165, 1.54) is 38.9 Å². The lowest BCUT2D eigenvalue weighted by Gasteiger charge is -2.21. The van der Waals surface area contributed by atoms with Gasteiger partial charge in [-0.05, 0) is 51.3 Å². The average Bonchev–Trinajstić information content (AvgIpc) is 3.05. The molecule has 0 radical (unpaired) electrons. The van der Waals surface area contributed by atoms with Crippen molar-refractivity contribution in [3.63, 3.8) is 0 Å². The second-order valence-corrected chi connectivity index (χ2v) is 8.20. The number of fused-ring (bicyclic) bond motifs is 3. The molecule has 1 N–H and O–H groups in total. The molecule has 0 saturated carbocycles. The van der Waals surface area contributed by atoms with E-state index in [9.17, 15) is 5.11 Å². The fourth-order valence-corrected chi connectivity index (χ4v) is 3.91. The molecule has 3 aromatic carbocycles. The Morgan fingerprint density at radius 3 is 2.52 bits per heavy atom. The molecule has 3 aromatic rings. The summed E-state index contributed by atoms with van der Waals surface area (Å²) in [6, 6.07) is 21.6. The van der Waals surface area contributed by atoms with Crippen LogP contribution in [0.3, 0.4) is 0 Å². The van der Waals surface area contributed by atoms with Crippen molar-refractivity contribution >= 4 is 0 Å². The van der Waals surface area contributed by atoms with Gasteiger partial charge in [-0.15, -0.1) is 0 Å². The molecule has 1 aliphatic carbocycles. The number of rotatable bonds is 4. The molecule has 0 unspecified atom stereocenters. The van der Waals surface area contributed by atoms with Crippen LogP contribution in [0, 0.1) is 0 Å². The van der Waals surface area contributed by atoms with Gasteiger partial charge in [-0.1, -0.05) is 75.4 Å². The second-order valence-electron chi connectivity index (χ2n) is 8.20. The first-order chi connectivity index (χ1) is 13.0. The maximum Gasteiger partial charge on any atom is 0.127 e. The minimum Gasteiger partial charge on any atom is -0.491 e. The lowest BCUT2D eigenvalue weighted by molar-refractivity contribution is 0.202. The zero-order chi connectivity index (χ0) is 19.0. The average molecular weight is 358 g/mol. The molecule has 4 rings (SSSR count). The molecule has 1 aliphatic rings. The Morgan fingerprint density at radius 1 is 0.926 bits per heavy atom. The van der Waals surface area contributed by atoms with Crippen molar-refractivity contribution in [2.45, 2.75) is 32.6 Å². The molecule has 0 aliphatic heterocycles. The van der Waals surface area contributed by atoms with E-state index in [1.54, 1.807) is 0 Å². The first kappa shape index (κ1) is 17.8. The van der Waals surface area contributed by atoms with Crippen LogP contribution in [-0.4, -0.2) is 18.3 Å². The van der Waals surface area contributed by atoms with Crippen molar-refractivity contribution in [1.82, 2.24) is 0 Å². The zero-order valence-corrected chi connectivity index (χ0v) is 16.3. The normalized spacial score (nSPS) is 12.6. The second kappa shape index (κ2) is 6.86. The third-order valence-electron chi connectivity index (χ3n) is 5.32. The van der Waals surface area contributed by atoms with Gasteiger partial charge in [-0.25, -0.2) is 0 Å². The van der Waals surface area contributed by atoms with Gasteiger partial charge in [0.05, 0.1) is 6.61 Å². The Morgan fingerprint density at radius 2 is 1.74 bits per heavy atom. The van der Waals surface area contributed by atoms with Gasteiger partial charge in [-0.2, -0.15) is 0 Å². The molecule has 0 aromatic heterocycles. The monoisotopic (exact) mass is 358 g/mol. The van der Waals surface area contributed by atoms with Crippen LogP contribution < -0.4 is 4.74 Å². The summed E-state index contributed by atoms with van der Waals surface area (Å²) in [6.45, 7) is 7.08. The number of aliphatic hydroxyl groups is 1. The van der Waals surface area contributed by atoms with Crippen LogP contribution in [0.1, 0.15) is 37.5 Å². The standard InChI is InChI=1S/C25H26O2/c1-25(2,3)19-9-6-8-17(15-19)20-11-12-23(27-14-13-26)24-21-10-5-4-7-18(21)16-22(20)24/h4-12,15,26H,13-14,16H2,1-3H3. The summed E-state index contributed by atoms with van der Waals surface area (Å²) < 4.78 is 5.87. The molecule has 0 atom stereocenters. The van der Waals surface area contributed by atoms with Gasteiger partial charge in [0.25, 0.3) is 0 Å². The maximum absolute atomic E-state index is 9.19. The molecule has 138 valence electrons. The molecule has 0 spiro atoms. The van der Waals surface area contributed by atoms with E-state index in [4.69, 9.17) is 4.74 Å². The van der Waals surface area contributed by atoms with Gasteiger partial charge in [-0.3, -0.25) is 0 Å². The molecule has 0 heterocycles. The van der Waals surface area contributed by atoms with Crippen LogP contribution in [0.15, 0.2) is 60.7 Å². The Bertz CT molecular complexity index is 980. The lowest BCUT2D eigenvalue weighted by atomic mass is 9.84. The third kappa shape index (κ3) is 3.26. The summed E-state index contributed by atoms with van der Waals surface area (Å²) in [4.78, 5) is 0. The molecule has 2 nitrogen and oxygen atoms in total. The van der Waals surface area contributed by atoms with Crippen LogP contribution in [0.5, 0.6) is 5.75 Å². The zero-order valence-electron chi connectivity index (χ0n) is 16.3. The van der Waals surface area contributed by atoms with Crippen molar-refractivity contribution < 1.29 is 9.84 Å². The number of aliphatic hydroxyl groups excluding tert-OH is 1. The Balaban J connectivity index is 1.88. The van der Waals surface area contributed by atoms with E-state index in [-0.39, 0.29) is 12.0 Å². The summed E-state index contributed by atoms with van der Waals surface area (Å²) in [5, 5.41) is 9.19. The number of hydrogen-bond donors (Lipinski definition) is 1. The van der Waals surface area contributed by atoms with Crippen molar-refractivity contribution in [2.24, 2.45) is 0 Å². The molecule has 2 heteroatoms. The minimum absolute atomic E-state index is 0.0196. The molecular weight excluding hydrogens is 332 g/mol. The highest BCUT2D eigenvalue weighted by Gasteiger charge is 2.25. The SMILES string of the molecule is CC(C)(C)c1cccc(-c2ccc(OCCO)c3c2Cc2ccccc2-3)c1. The Hall–Kier alpha value is -2.58.